The lowest BCUT2D eigenvalue weighted by molar-refractivity contribution is 0.0698. The number of aromatic carboxylic acids is 1. The molecule has 1 aliphatic heterocycles. The van der Waals surface area contributed by atoms with E-state index in [4.69, 9.17) is 10.5 Å². The Morgan fingerprint density at radius 3 is 2.60 bits per heavy atom. The van der Waals surface area contributed by atoms with Crippen molar-refractivity contribution in [1.82, 2.24) is 4.90 Å². The van der Waals surface area contributed by atoms with E-state index in [2.05, 4.69) is 21.9 Å². The monoisotopic (exact) mass is 341 g/mol. The molecule has 0 aliphatic carbocycles. The van der Waals surface area contributed by atoms with Crippen molar-refractivity contribution in [2.45, 2.75) is 6.54 Å². The van der Waals surface area contributed by atoms with Gasteiger partial charge < -0.3 is 20.5 Å². The molecule has 0 radical (unpaired) electrons. The van der Waals surface area contributed by atoms with Crippen molar-refractivity contribution in [2.24, 2.45) is 0 Å². The van der Waals surface area contributed by atoms with Gasteiger partial charge in [0.2, 0.25) is 0 Å². The first-order valence-corrected chi connectivity index (χ1v) is 8.30. The number of nitrogens with two attached hydrogens (primary N) is 1. The molecule has 1 heterocycles. The fourth-order valence-electron chi connectivity index (χ4n) is 3.12. The van der Waals surface area contributed by atoms with Gasteiger partial charge in [-0.05, 0) is 35.9 Å². The van der Waals surface area contributed by atoms with E-state index in [9.17, 15) is 9.90 Å². The van der Waals surface area contributed by atoms with Crippen LogP contribution < -0.4 is 15.4 Å². The van der Waals surface area contributed by atoms with Crippen LogP contribution in [0, 0.1) is 0 Å². The fraction of sp³-hybridized carbons (Fsp3) is 0.316. The van der Waals surface area contributed by atoms with E-state index in [1.807, 2.05) is 18.2 Å². The lowest BCUT2D eigenvalue weighted by atomic mass is 10.1. The number of hydrogen-bond acceptors (Lipinski definition) is 5. The maximum absolute atomic E-state index is 11.2. The molecular weight excluding hydrogens is 318 g/mol. The van der Waals surface area contributed by atoms with Crippen LogP contribution in [0.25, 0.3) is 0 Å². The highest BCUT2D eigenvalue weighted by Crippen LogP contribution is 2.23. The van der Waals surface area contributed by atoms with Crippen molar-refractivity contribution in [3.8, 4) is 5.75 Å². The molecule has 1 aliphatic rings. The van der Waals surface area contributed by atoms with E-state index in [1.165, 1.54) is 5.56 Å². The summed E-state index contributed by atoms with van der Waals surface area (Å²) >= 11 is 0. The molecule has 132 valence electrons. The molecule has 0 saturated carbocycles. The molecule has 1 saturated heterocycles. The van der Waals surface area contributed by atoms with Crippen LogP contribution in [0.5, 0.6) is 5.75 Å². The van der Waals surface area contributed by atoms with E-state index < -0.39 is 5.97 Å². The number of carboxylic acids is 1. The zero-order chi connectivity index (χ0) is 17.8. The van der Waals surface area contributed by atoms with Crippen LogP contribution in [0.2, 0.25) is 0 Å². The van der Waals surface area contributed by atoms with Crippen LogP contribution in [0.1, 0.15) is 15.9 Å². The number of methoxy groups -OCH3 is 1. The number of anilines is 2. The summed E-state index contributed by atoms with van der Waals surface area (Å²) in [6.45, 7) is 4.43. The number of nitrogens with zero attached hydrogens (tertiary/aromatic N) is 2. The zero-order valence-electron chi connectivity index (χ0n) is 14.3. The molecule has 2 aromatic rings. The van der Waals surface area contributed by atoms with Gasteiger partial charge in [0.25, 0.3) is 0 Å². The number of piperazine rings is 1. The molecule has 1 fully saturated rings. The van der Waals surface area contributed by atoms with Crippen LogP contribution in [0.3, 0.4) is 0 Å². The lowest BCUT2D eigenvalue weighted by Gasteiger charge is -2.36. The smallest absolute Gasteiger partial charge is 0.337 e. The number of ether oxygens (including phenoxy) is 1. The SMILES string of the molecule is COc1cccc(CN2CCN(c3ccc(N)c(C(=O)O)c3)CC2)c1. The average Bonchev–Trinajstić information content (AvgIpc) is 2.63. The minimum absolute atomic E-state index is 0.163. The third-order valence-electron chi connectivity index (χ3n) is 4.55. The number of hydrogen-bond donors (Lipinski definition) is 2. The van der Waals surface area contributed by atoms with Gasteiger partial charge in [0, 0.05) is 44.1 Å². The van der Waals surface area contributed by atoms with Crippen molar-refractivity contribution in [1.29, 1.82) is 0 Å². The Balaban J connectivity index is 1.62. The first-order chi connectivity index (χ1) is 12.1. The molecule has 0 spiro atoms. The summed E-state index contributed by atoms with van der Waals surface area (Å²) in [6, 6.07) is 13.3. The summed E-state index contributed by atoms with van der Waals surface area (Å²) in [5.74, 6) is -0.116. The predicted octanol–water partition coefficient (Wildman–Crippen LogP) is 2.30. The van der Waals surface area contributed by atoms with Crippen LogP contribution in [-0.2, 0) is 6.54 Å². The second-order valence-electron chi connectivity index (χ2n) is 6.19. The van der Waals surface area contributed by atoms with E-state index in [0.717, 1.165) is 44.2 Å². The molecule has 3 N–H and O–H groups in total. The van der Waals surface area contributed by atoms with Crippen LogP contribution in [-0.4, -0.2) is 49.3 Å². The number of rotatable bonds is 5. The Morgan fingerprint density at radius 1 is 1.16 bits per heavy atom. The second kappa shape index (κ2) is 7.44. The number of benzene rings is 2. The van der Waals surface area contributed by atoms with E-state index >= 15 is 0 Å². The largest absolute Gasteiger partial charge is 0.497 e. The standard InChI is InChI=1S/C19H23N3O3/c1-25-16-4-2-3-14(11-16)13-21-7-9-22(10-8-21)15-5-6-18(20)17(12-15)19(23)24/h2-6,11-12H,7-10,13,20H2,1H3,(H,23,24). The van der Waals surface area contributed by atoms with Crippen LogP contribution in [0.4, 0.5) is 11.4 Å². The van der Waals surface area contributed by atoms with Crippen molar-refractivity contribution < 1.29 is 14.6 Å². The zero-order valence-corrected chi connectivity index (χ0v) is 14.3. The summed E-state index contributed by atoms with van der Waals surface area (Å²) in [4.78, 5) is 15.8. The topological polar surface area (TPSA) is 79.0 Å². The molecule has 0 atom stereocenters. The third-order valence-corrected chi connectivity index (χ3v) is 4.55. The Labute approximate surface area is 147 Å². The van der Waals surface area contributed by atoms with Gasteiger partial charge in [-0.3, -0.25) is 4.90 Å². The van der Waals surface area contributed by atoms with Gasteiger partial charge >= 0.3 is 5.97 Å². The van der Waals surface area contributed by atoms with Gasteiger partial charge in [-0.15, -0.1) is 0 Å². The molecule has 25 heavy (non-hydrogen) atoms. The molecule has 3 rings (SSSR count). The Kier molecular flexibility index (Phi) is 5.09. The molecule has 6 heteroatoms. The van der Waals surface area contributed by atoms with E-state index in [1.54, 1.807) is 19.2 Å². The predicted molar refractivity (Wildman–Crippen MR) is 98.3 cm³/mol. The van der Waals surface area contributed by atoms with Crippen LogP contribution >= 0.6 is 0 Å². The number of carboxylic acid groups (broad SMARTS) is 1. The second-order valence-corrected chi connectivity index (χ2v) is 6.19. The van der Waals surface area contributed by atoms with Gasteiger partial charge in [-0.1, -0.05) is 12.1 Å². The summed E-state index contributed by atoms with van der Waals surface area (Å²) in [5, 5.41) is 9.22. The average molecular weight is 341 g/mol. The minimum Gasteiger partial charge on any atom is -0.497 e. The maximum atomic E-state index is 11.2. The lowest BCUT2D eigenvalue weighted by Crippen LogP contribution is -2.46. The molecule has 6 nitrogen and oxygen atoms in total. The van der Waals surface area contributed by atoms with Gasteiger partial charge in [-0.25, -0.2) is 4.79 Å². The summed E-state index contributed by atoms with van der Waals surface area (Å²) in [7, 11) is 1.68. The van der Waals surface area contributed by atoms with Crippen molar-refractivity contribution in [3.05, 3.63) is 53.6 Å². The Bertz CT molecular complexity index is 755. The highest BCUT2D eigenvalue weighted by Gasteiger charge is 2.19. The van der Waals surface area contributed by atoms with E-state index in [-0.39, 0.29) is 5.56 Å². The van der Waals surface area contributed by atoms with Crippen molar-refractivity contribution in [2.75, 3.05) is 43.9 Å². The van der Waals surface area contributed by atoms with Gasteiger partial charge in [0.05, 0.1) is 12.7 Å². The third kappa shape index (κ3) is 4.03. The minimum atomic E-state index is -0.990. The molecule has 0 unspecified atom stereocenters. The number of nitrogen functional groups attached to an aromatic ring is 1. The fourth-order valence-corrected chi connectivity index (χ4v) is 3.12. The maximum Gasteiger partial charge on any atom is 0.337 e. The van der Waals surface area contributed by atoms with Gasteiger partial charge in [0.15, 0.2) is 0 Å². The quantitative estimate of drug-likeness (QED) is 0.813. The normalized spacial score (nSPS) is 15.2. The summed E-state index contributed by atoms with van der Waals surface area (Å²) < 4.78 is 5.27. The highest BCUT2D eigenvalue weighted by molar-refractivity contribution is 5.94. The Hall–Kier alpha value is -2.73. The van der Waals surface area contributed by atoms with Crippen LogP contribution in [0.15, 0.2) is 42.5 Å². The molecular formula is C19H23N3O3. The molecule has 0 aromatic heterocycles. The van der Waals surface area contributed by atoms with Gasteiger partial charge in [-0.2, -0.15) is 0 Å². The van der Waals surface area contributed by atoms with Crippen molar-refractivity contribution >= 4 is 17.3 Å². The first-order valence-electron chi connectivity index (χ1n) is 8.30. The van der Waals surface area contributed by atoms with Crippen molar-refractivity contribution in [3.63, 3.8) is 0 Å². The molecule has 0 bridgehead atoms. The highest BCUT2D eigenvalue weighted by atomic mass is 16.5. The first kappa shape index (κ1) is 17.1. The molecule has 0 amide bonds. The number of carbonyl (C=O) groups is 1. The van der Waals surface area contributed by atoms with Gasteiger partial charge in [0.1, 0.15) is 5.75 Å². The molecule has 2 aromatic carbocycles. The van der Waals surface area contributed by atoms with E-state index in [0.29, 0.717) is 5.69 Å². The summed E-state index contributed by atoms with van der Waals surface area (Å²) in [5.41, 5.74) is 8.34. The Morgan fingerprint density at radius 2 is 1.92 bits per heavy atom. The summed E-state index contributed by atoms with van der Waals surface area (Å²) in [6.07, 6.45) is 0.